The molecule has 18 heavy (non-hydrogen) atoms. The molecule has 4 nitrogen and oxygen atoms in total. The monoisotopic (exact) mass is 243 g/mol. The second-order valence-corrected chi connectivity index (χ2v) is 4.88. The van der Waals surface area contributed by atoms with Gasteiger partial charge in [0.1, 0.15) is 11.6 Å². The summed E-state index contributed by atoms with van der Waals surface area (Å²) in [4.78, 5) is 4.61. The molecule has 0 bridgehead atoms. The van der Waals surface area contributed by atoms with Gasteiger partial charge in [0.05, 0.1) is 11.7 Å². The van der Waals surface area contributed by atoms with Crippen LogP contribution in [0.25, 0.3) is 0 Å². The molecule has 1 aliphatic rings. The Hall–Kier alpha value is -1.81. The average molecular weight is 243 g/mol. The molecule has 0 saturated carbocycles. The van der Waals surface area contributed by atoms with Crippen LogP contribution in [0.5, 0.6) is 5.75 Å². The Morgan fingerprint density at radius 1 is 1.44 bits per heavy atom. The number of nitrogens with zero attached hydrogens (tertiary/aromatic N) is 2. The number of hydrogen-bond acceptors (Lipinski definition) is 3. The smallest absolute Gasteiger partial charge is 0.125 e. The van der Waals surface area contributed by atoms with Gasteiger partial charge in [-0.05, 0) is 30.5 Å². The lowest BCUT2D eigenvalue weighted by molar-refractivity contribution is 0.451. The highest BCUT2D eigenvalue weighted by atomic mass is 16.3. The summed E-state index contributed by atoms with van der Waals surface area (Å²) in [7, 11) is 0. The average Bonchev–Trinajstić information content (AvgIpc) is 2.73. The third-order valence-corrected chi connectivity index (χ3v) is 3.40. The summed E-state index contributed by atoms with van der Waals surface area (Å²) in [6.45, 7) is 1.01. The molecule has 4 heteroatoms. The van der Waals surface area contributed by atoms with Crippen molar-refractivity contribution in [3.63, 3.8) is 0 Å². The van der Waals surface area contributed by atoms with E-state index in [0.29, 0.717) is 5.75 Å². The molecular weight excluding hydrogens is 226 g/mol. The minimum atomic E-state index is 0.0664. The van der Waals surface area contributed by atoms with Crippen molar-refractivity contribution in [3.8, 4) is 5.75 Å². The van der Waals surface area contributed by atoms with Crippen LogP contribution in [0.15, 0.2) is 30.5 Å². The number of rotatable bonds is 2. The number of fused-ring (bicyclic) bond motifs is 1. The lowest BCUT2D eigenvalue weighted by Gasteiger charge is -2.19. The van der Waals surface area contributed by atoms with Gasteiger partial charge in [-0.15, -0.1) is 0 Å². The van der Waals surface area contributed by atoms with E-state index in [4.69, 9.17) is 5.73 Å². The molecule has 1 atom stereocenters. The van der Waals surface area contributed by atoms with E-state index >= 15 is 0 Å². The first kappa shape index (κ1) is 11.3. The lowest BCUT2D eigenvalue weighted by atomic mass is 10.1. The van der Waals surface area contributed by atoms with Crippen molar-refractivity contribution in [2.75, 3.05) is 0 Å². The van der Waals surface area contributed by atoms with Gasteiger partial charge in [0.25, 0.3) is 0 Å². The number of phenolic OH excluding ortho intramolecular Hbond substituents is 1. The van der Waals surface area contributed by atoms with Crippen molar-refractivity contribution in [3.05, 3.63) is 47.5 Å². The number of hydrogen-bond donors (Lipinski definition) is 2. The van der Waals surface area contributed by atoms with Crippen LogP contribution in [-0.4, -0.2) is 14.7 Å². The maximum atomic E-state index is 9.45. The third kappa shape index (κ3) is 2.11. The van der Waals surface area contributed by atoms with Crippen molar-refractivity contribution in [2.24, 2.45) is 5.73 Å². The van der Waals surface area contributed by atoms with Gasteiger partial charge in [-0.25, -0.2) is 4.98 Å². The number of benzene rings is 1. The summed E-state index contributed by atoms with van der Waals surface area (Å²) in [5.41, 5.74) is 8.14. The first-order chi connectivity index (χ1) is 8.72. The van der Waals surface area contributed by atoms with Gasteiger partial charge in [-0.3, -0.25) is 0 Å². The lowest BCUT2D eigenvalue weighted by Crippen LogP contribution is -2.21. The van der Waals surface area contributed by atoms with Crippen molar-refractivity contribution in [1.29, 1.82) is 0 Å². The number of aromatic hydroxyl groups is 1. The largest absolute Gasteiger partial charge is 0.508 e. The Morgan fingerprint density at radius 3 is 3.11 bits per heavy atom. The van der Waals surface area contributed by atoms with Crippen molar-refractivity contribution >= 4 is 0 Å². The molecule has 1 aromatic carbocycles. The quantitative estimate of drug-likeness (QED) is 0.847. The molecular formula is C14H17N3O. The predicted octanol–water partition coefficient (Wildman–Crippen LogP) is 1.97. The normalized spacial score (nSPS) is 18.6. The van der Waals surface area contributed by atoms with E-state index in [-0.39, 0.29) is 6.04 Å². The summed E-state index contributed by atoms with van der Waals surface area (Å²) < 4.78 is 2.16. The first-order valence-electron chi connectivity index (χ1n) is 6.32. The Morgan fingerprint density at radius 2 is 2.33 bits per heavy atom. The molecule has 0 radical (unpaired) electrons. The van der Waals surface area contributed by atoms with E-state index in [1.807, 2.05) is 12.1 Å². The van der Waals surface area contributed by atoms with Crippen LogP contribution in [0.1, 0.15) is 36.0 Å². The van der Waals surface area contributed by atoms with Gasteiger partial charge in [0.2, 0.25) is 0 Å². The predicted molar refractivity (Wildman–Crippen MR) is 69.3 cm³/mol. The number of nitrogens with two attached hydrogens (primary N) is 1. The number of aryl methyl sites for hydroxylation is 1. The summed E-state index contributed by atoms with van der Waals surface area (Å²) in [5.74, 6) is 1.30. The fraction of sp³-hybridized carbons (Fsp3) is 0.357. The van der Waals surface area contributed by atoms with Crippen molar-refractivity contribution in [1.82, 2.24) is 9.55 Å². The maximum absolute atomic E-state index is 9.45. The minimum absolute atomic E-state index is 0.0664. The van der Waals surface area contributed by atoms with E-state index in [9.17, 15) is 5.11 Å². The van der Waals surface area contributed by atoms with Gasteiger partial charge < -0.3 is 15.4 Å². The first-order valence-corrected chi connectivity index (χ1v) is 6.32. The maximum Gasteiger partial charge on any atom is 0.125 e. The number of phenols is 1. The molecule has 1 aliphatic heterocycles. The van der Waals surface area contributed by atoms with E-state index in [1.165, 1.54) is 0 Å². The fourth-order valence-electron chi connectivity index (χ4n) is 2.53. The molecule has 1 unspecified atom stereocenters. The zero-order valence-corrected chi connectivity index (χ0v) is 10.2. The van der Waals surface area contributed by atoms with Crippen LogP contribution >= 0.6 is 0 Å². The molecule has 0 aliphatic carbocycles. The van der Waals surface area contributed by atoms with E-state index < -0.39 is 0 Å². The Bertz CT molecular complexity index is 562. The van der Waals surface area contributed by atoms with Gasteiger partial charge >= 0.3 is 0 Å². The topological polar surface area (TPSA) is 64.1 Å². The third-order valence-electron chi connectivity index (χ3n) is 3.40. The van der Waals surface area contributed by atoms with Crippen LogP contribution in [-0.2, 0) is 13.0 Å². The Kier molecular flexibility index (Phi) is 2.80. The van der Waals surface area contributed by atoms with Crippen LogP contribution in [0.4, 0.5) is 0 Å². The van der Waals surface area contributed by atoms with Crippen LogP contribution in [0, 0.1) is 0 Å². The van der Waals surface area contributed by atoms with Crippen molar-refractivity contribution in [2.45, 2.75) is 31.8 Å². The van der Waals surface area contributed by atoms with Crippen LogP contribution < -0.4 is 5.73 Å². The summed E-state index contributed by atoms with van der Waals surface area (Å²) in [6.07, 6.45) is 4.96. The van der Waals surface area contributed by atoms with Gasteiger partial charge in [0.15, 0.2) is 0 Å². The summed E-state index contributed by atoms with van der Waals surface area (Å²) in [5, 5.41) is 9.45. The second kappa shape index (κ2) is 4.46. The van der Waals surface area contributed by atoms with E-state index in [1.54, 1.807) is 12.1 Å². The summed E-state index contributed by atoms with van der Waals surface area (Å²) >= 11 is 0. The van der Waals surface area contributed by atoms with Crippen LogP contribution in [0.2, 0.25) is 0 Å². The highest BCUT2D eigenvalue weighted by molar-refractivity contribution is 5.30. The molecule has 94 valence electrons. The van der Waals surface area contributed by atoms with Gasteiger partial charge in [-0.1, -0.05) is 12.1 Å². The fourth-order valence-corrected chi connectivity index (χ4v) is 2.53. The molecule has 0 saturated heterocycles. The zero-order valence-electron chi connectivity index (χ0n) is 10.2. The molecule has 1 aromatic heterocycles. The molecule has 3 rings (SSSR count). The number of imidazole rings is 1. The van der Waals surface area contributed by atoms with Gasteiger partial charge in [0, 0.05) is 19.2 Å². The molecule has 3 N–H and O–H groups in total. The molecule has 0 amide bonds. The highest BCUT2D eigenvalue weighted by Crippen LogP contribution is 2.23. The molecule has 2 aromatic rings. The highest BCUT2D eigenvalue weighted by Gasteiger charge is 2.19. The standard InChI is InChI=1S/C14H17N3O/c15-13-5-2-6-17-9-11(16-14(13)17)7-10-3-1-4-12(18)8-10/h1,3-4,8-9,13,18H,2,5-7,15H2. The summed E-state index contributed by atoms with van der Waals surface area (Å²) in [6, 6.07) is 7.37. The SMILES string of the molecule is NC1CCCn2cc(Cc3cccc(O)c3)nc21. The van der Waals surface area contributed by atoms with Gasteiger partial charge in [-0.2, -0.15) is 0 Å². The Balaban J connectivity index is 1.85. The number of aromatic nitrogens is 2. The molecule has 0 spiro atoms. The molecule has 0 fully saturated rings. The molecule has 2 heterocycles. The zero-order chi connectivity index (χ0) is 12.5. The Labute approximate surface area is 106 Å². The van der Waals surface area contributed by atoms with E-state index in [0.717, 1.165) is 42.9 Å². The van der Waals surface area contributed by atoms with Crippen molar-refractivity contribution < 1.29 is 5.11 Å². The van der Waals surface area contributed by atoms with Crippen LogP contribution in [0.3, 0.4) is 0 Å². The second-order valence-electron chi connectivity index (χ2n) is 4.88. The minimum Gasteiger partial charge on any atom is -0.508 e. The van der Waals surface area contributed by atoms with E-state index in [2.05, 4.69) is 15.7 Å².